The highest BCUT2D eigenvalue weighted by molar-refractivity contribution is 7.05. The molecule has 5 nitrogen and oxygen atoms in total. The maximum absolute atomic E-state index is 2.72. The zero-order valence-corrected chi connectivity index (χ0v) is 43.8. The summed E-state index contributed by atoms with van der Waals surface area (Å²) in [6, 6.07) is 79.3. The van der Waals surface area contributed by atoms with Crippen molar-refractivity contribution in [1.82, 2.24) is 0 Å². The molecular formula is C68H54B3N5. The van der Waals surface area contributed by atoms with Crippen molar-refractivity contribution >= 4 is 133 Å². The van der Waals surface area contributed by atoms with Crippen LogP contribution in [0.15, 0.2) is 206 Å². The molecule has 0 saturated carbocycles. The molecule has 0 aliphatic carbocycles. The van der Waals surface area contributed by atoms with E-state index in [1.807, 2.05) is 0 Å². The molecular weight excluding hydrogens is 919 g/mol. The van der Waals surface area contributed by atoms with Crippen LogP contribution in [0.25, 0.3) is 11.1 Å². The topological polar surface area (TPSA) is 16.2 Å². The fraction of sp³-hybridized carbons (Fsp3) is 0.118. The van der Waals surface area contributed by atoms with Crippen LogP contribution < -0.4 is 62.6 Å². The zero-order chi connectivity index (χ0) is 50.8. The van der Waals surface area contributed by atoms with E-state index in [4.69, 9.17) is 0 Å². The van der Waals surface area contributed by atoms with Crippen LogP contribution in [0.4, 0.5) is 73.9 Å². The van der Waals surface area contributed by atoms with Crippen LogP contribution in [0.3, 0.4) is 0 Å². The van der Waals surface area contributed by atoms with Gasteiger partial charge in [-0.05, 0) is 166 Å². The van der Waals surface area contributed by atoms with Crippen molar-refractivity contribution in [3.8, 4) is 11.1 Å². The normalized spacial score (nSPS) is 14.2. The van der Waals surface area contributed by atoms with E-state index >= 15 is 0 Å². The predicted octanol–water partition coefficient (Wildman–Crippen LogP) is 12.9. The van der Waals surface area contributed by atoms with E-state index in [-0.39, 0.29) is 20.4 Å². The van der Waals surface area contributed by atoms with Crippen LogP contribution in [0, 0.1) is 13.8 Å². The molecule has 6 heterocycles. The molecule has 10 aromatic rings. The molecule has 0 N–H and O–H groups in total. The van der Waals surface area contributed by atoms with Gasteiger partial charge in [0.25, 0.3) is 6.71 Å². The molecule has 0 aromatic heterocycles. The predicted molar refractivity (Wildman–Crippen MR) is 325 cm³/mol. The highest BCUT2D eigenvalue weighted by atomic mass is 15.2. The Balaban J connectivity index is 1.13. The van der Waals surface area contributed by atoms with Gasteiger partial charge in [0.1, 0.15) is 0 Å². The molecule has 0 spiro atoms. The van der Waals surface area contributed by atoms with E-state index in [2.05, 4.69) is 272 Å². The summed E-state index contributed by atoms with van der Waals surface area (Å²) in [5.41, 5.74) is 33.2. The summed E-state index contributed by atoms with van der Waals surface area (Å²) < 4.78 is 0. The Bertz CT molecular complexity index is 3830. The van der Waals surface area contributed by atoms with Gasteiger partial charge in [-0.1, -0.05) is 160 Å². The van der Waals surface area contributed by atoms with Gasteiger partial charge in [0.05, 0.1) is 5.69 Å². The number of nitrogens with zero attached hydrogens (tertiary/aromatic N) is 5. The molecule has 0 saturated heterocycles. The Labute approximate surface area is 447 Å². The molecule has 10 aromatic carbocycles. The van der Waals surface area contributed by atoms with Crippen LogP contribution in [-0.4, -0.2) is 20.4 Å². The summed E-state index contributed by atoms with van der Waals surface area (Å²) in [5.74, 6) is 0.728. The quantitative estimate of drug-likeness (QED) is 0.148. The largest absolute Gasteiger partial charge is 0.376 e. The molecule has 0 bridgehead atoms. The Hall–Kier alpha value is -8.61. The number of rotatable bonds is 7. The number of hydrogen-bond donors (Lipinski definition) is 0. The number of benzene rings is 10. The van der Waals surface area contributed by atoms with Crippen molar-refractivity contribution in [3.63, 3.8) is 0 Å². The summed E-state index contributed by atoms with van der Waals surface area (Å²) in [5, 5.41) is 0. The highest BCUT2D eigenvalue weighted by Crippen LogP contribution is 2.58. The lowest BCUT2D eigenvalue weighted by molar-refractivity contribution is 0.866. The van der Waals surface area contributed by atoms with Gasteiger partial charge in [-0.2, -0.15) is 0 Å². The van der Waals surface area contributed by atoms with Gasteiger partial charge >= 0.3 is 13.7 Å². The zero-order valence-electron chi connectivity index (χ0n) is 43.8. The van der Waals surface area contributed by atoms with Crippen LogP contribution in [0.1, 0.15) is 61.8 Å². The molecule has 0 fully saturated rings. The molecule has 360 valence electrons. The van der Waals surface area contributed by atoms with E-state index in [0.717, 1.165) is 17.1 Å². The standard InChI is InChI=1S/C68H54B3N5/c1-41(2)45-29-35-52-58(37-45)73-56-23-15-13-21-54(56)70-64-63-62-60(75(70)49-17-9-7-10-18-49)39-51(72(47-31-25-43(5)26-32-47)48-33-27-44(6)28-34-48)40-61(62)76(50-19-11-8-12-20-50)71-55-22-14-16-24-57(55)74-59-38-46(42(3)4)30-36-53(59)69(52)66(67(64)73)68(74)65(63)71/h7-42H,1-6H3. The second kappa shape index (κ2) is 16.0. The first-order chi connectivity index (χ1) is 37.2. The van der Waals surface area contributed by atoms with Crippen LogP contribution in [0.5, 0.6) is 0 Å². The number of aryl methyl sites for hydroxylation is 2. The first kappa shape index (κ1) is 43.8. The van der Waals surface area contributed by atoms with Crippen molar-refractivity contribution in [2.75, 3.05) is 24.3 Å². The number of fused-ring (bicyclic) bond motifs is 12. The summed E-state index contributed by atoms with van der Waals surface area (Å²) in [7, 11) is 0. The van der Waals surface area contributed by atoms with Crippen LogP contribution in [-0.2, 0) is 0 Å². The molecule has 0 radical (unpaired) electrons. The third kappa shape index (κ3) is 5.84. The first-order valence-corrected chi connectivity index (χ1v) is 27.3. The Kier molecular flexibility index (Phi) is 9.19. The summed E-state index contributed by atoms with van der Waals surface area (Å²) in [6.07, 6.45) is 0. The number of anilines is 13. The molecule has 6 aliphatic rings. The average Bonchev–Trinajstić information content (AvgIpc) is 3.20. The lowest BCUT2D eigenvalue weighted by Gasteiger charge is -2.57. The van der Waals surface area contributed by atoms with Crippen LogP contribution in [0.2, 0.25) is 0 Å². The highest BCUT2D eigenvalue weighted by Gasteiger charge is 2.59. The smallest absolute Gasteiger partial charge is 0.333 e. The minimum absolute atomic E-state index is 0.00129. The van der Waals surface area contributed by atoms with Crippen molar-refractivity contribution in [2.24, 2.45) is 0 Å². The van der Waals surface area contributed by atoms with E-state index in [1.54, 1.807) is 0 Å². The molecule has 8 heteroatoms. The fourth-order valence-corrected chi connectivity index (χ4v) is 14.2. The Morgan fingerprint density at radius 3 is 1.21 bits per heavy atom. The van der Waals surface area contributed by atoms with Gasteiger partial charge in [0, 0.05) is 73.8 Å². The lowest BCUT2D eigenvalue weighted by Crippen LogP contribution is -2.74. The minimum atomic E-state index is -0.154. The molecule has 0 amide bonds. The van der Waals surface area contributed by atoms with Gasteiger partial charge < -0.3 is 24.3 Å². The van der Waals surface area contributed by atoms with E-state index in [9.17, 15) is 0 Å². The lowest BCUT2D eigenvalue weighted by atomic mass is 9.28. The van der Waals surface area contributed by atoms with Gasteiger partial charge in [-0.3, -0.25) is 0 Å². The van der Waals surface area contributed by atoms with Crippen molar-refractivity contribution in [1.29, 1.82) is 0 Å². The van der Waals surface area contributed by atoms with Crippen molar-refractivity contribution in [2.45, 2.75) is 53.4 Å². The summed E-state index contributed by atoms with van der Waals surface area (Å²) >= 11 is 0. The molecule has 6 aliphatic heterocycles. The molecule has 16 rings (SSSR count). The van der Waals surface area contributed by atoms with E-state index < -0.39 is 0 Å². The third-order valence-corrected chi connectivity index (χ3v) is 17.6. The number of para-hydroxylation sites is 4. The van der Waals surface area contributed by atoms with Crippen molar-refractivity contribution < 1.29 is 0 Å². The maximum atomic E-state index is 2.72. The summed E-state index contributed by atoms with van der Waals surface area (Å²) in [6.45, 7) is 13.4. The Morgan fingerprint density at radius 1 is 0.355 bits per heavy atom. The number of hydrogen-bond acceptors (Lipinski definition) is 5. The van der Waals surface area contributed by atoms with Gasteiger partial charge in [-0.25, -0.2) is 0 Å². The summed E-state index contributed by atoms with van der Waals surface area (Å²) in [4.78, 5) is 13.4. The molecule has 76 heavy (non-hydrogen) atoms. The van der Waals surface area contributed by atoms with Crippen molar-refractivity contribution in [3.05, 3.63) is 229 Å². The van der Waals surface area contributed by atoms with E-state index in [0.29, 0.717) is 11.8 Å². The monoisotopic (exact) mass is 973 g/mol. The van der Waals surface area contributed by atoms with Crippen LogP contribution >= 0.6 is 0 Å². The van der Waals surface area contributed by atoms with Gasteiger partial charge in [0.2, 0.25) is 0 Å². The second-order valence-electron chi connectivity index (χ2n) is 22.6. The van der Waals surface area contributed by atoms with E-state index in [1.165, 1.54) is 128 Å². The average molecular weight is 974 g/mol. The third-order valence-electron chi connectivity index (χ3n) is 17.6. The molecule has 0 unspecified atom stereocenters. The maximum Gasteiger partial charge on any atom is 0.333 e. The Morgan fingerprint density at radius 2 is 0.776 bits per heavy atom. The van der Waals surface area contributed by atoms with Gasteiger partial charge in [-0.15, -0.1) is 0 Å². The fourth-order valence-electron chi connectivity index (χ4n) is 14.2. The first-order valence-electron chi connectivity index (χ1n) is 27.3. The van der Waals surface area contributed by atoms with Gasteiger partial charge in [0.15, 0.2) is 0 Å². The minimum Gasteiger partial charge on any atom is -0.376 e. The second-order valence-corrected chi connectivity index (χ2v) is 22.6. The molecule has 0 atom stereocenters. The SMILES string of the molecule is Cc1ccc(N(c2ccc(C)cc2)c2cc3c4c(c2)N(c2ccccc2)B2c5ccccc5N5c6cc(C(C)C)ccc6B6c7ccc(C(C)C)cc7N7c8ccccc8B(c8c-4c2c5c6c87)N3c2ccccc2)cc1.